The van der Waals surface area contributed by atoms with Crippen LogP contribution in [0.1, 0.15) is 30.3 Å². The van der Waals surface area contributed by atoms with Crippen molar-refractivity contribution in [3.05, 3.63) is 35.3 Å². The van der Waals surface area contributed by atoms with Gasteiger partial charge in [-0.1, -0.05) is 11.6 Å². The van der Waals surface area contributed by atoms with Crippen molar-refractivity contribution in [2.24, 2.45) is 29.6 Å². The minimum Gasteiger partial charge on any atom is -0.463 e. The summed E-state index contributed by atoms with van der Waals surface area (Å²) in [5.41, 5.74) is 0.881. The van der Waals surface area contributed by atoms with Crippen molar-refractivity contribution in [2.45, 2.75) is 25.4 Å². The summed E-state index contributed by atoms with van der Waals surface area (Å²) in [6.07, 6.45) is 2.72. The largest absolute Gasteiger partial charge is 0.463 e. The predicted octanol–water partition coefficient (Wildman–Crippen LogP) is -0.0169. The van der Waals surface area contributed by atoms with Gasteiger partial charge in [0.1, 0.15) is 18.1 Å². The van der Waals surface area contributed by atoms with E-state index < -0.39 is 29.6 Å². The second-order valence-electron chi connectivity index (χ2n) is 7.69. The van der Waals surface area contributed by atoms with Crippen molar-refractivity contribution in [3.63, 3.8) is 0 Å². The highest BCUT2D eigenvalue weighted by Gasteiger charge is 2.59. The maximum absolute atomic E-state index is 12.5. The molecule has 2 saturated heterocycles. The predicted molar refractivity (Wildman–Crippen MR) is 88.4 cm³/mol. The molecule has 3 heterocycles. The summed E-state index contributed by atoms with van der Waals surface area (Å²) >= 11 is 0. The van der Waals surface area contributed by atoms with Crippen molar-refractivity contribution in [1.82, 2.24) is 10.6 Å². The Hall–Kier alpha value is -2.74. The molecule has 6 unspecified atom stereocenters. The number of rotatable bonds is 2. The van der Waals surface area contributed by atoms with Crippen LogP contribution in [0.15, 0.2) is 28.2 Å². The van der Waals surface area contributed by atoms with E-state index in [9.17, 15) is 24.3 Å². The molecule has 2 aliphatic heterocycles. The Balaban J connectivity index is 1.63. The molecule has 1 aromatic rings. The number of aliphatic hydroxyl groups is 1. The molecule has 5 rings (SSSR count). The third kappa shape index (κ3) is 2.19. The SMILES string of the molecule is O=C1NC(=O)C2C1CC=C1C2CC2C(=O)NC(=O)C2C1c1ccc(CO)o1. The van der Waals surface area contributed by atoms with Crippen LogP contribution in [-0.2, 0) is 25.8 Å². The first kappa shape index (κ1) is 16.4. The van der Waals surface area contributed by atoms with Gasteiger partial charge in [0.05, 0.1) is 29.6 Å². The summed E-state index contributed by atoms with van der Waals surface area (Å²) in [6, 6.07) is 3.35. The summed E-state index contributed by atoms with van der Waals surface area (Å²) in [5, 5.41) is 14.1. The third-order valence-corrected chi connectivity index (χ3v) is 6.48. The molecule has 1 aromatic heterocycles. The summed E-state index contributed by atoms with van der Waals surface area (Å²) < 4.78 is 5.72. The summed E-state index contributed by atoms with van der Waals surface area (Å²) in [6.45, 7) is -0.268. The molecule has 0 radical (unpaired) electrons. The average Bonchev–Trinajstić information content (AvgIpc) is 3.31. The molecule has 3 N–H and O–H groups in total. The highest BCUT2D eigenvalue weighted by molar-refractivity contribution is 6.07. The Kier molecular flexibility index (Phi) is 3.42. The van der Waals surface area contributed by atoms with Gasteiger partial charge in [-0.3, -0.25) is 29.8 Å². The van der Waals surface area contributed by atoms with E-state index in [1.807, 2.05) is 6.08 Å². The fraction of sp³-hybridized carbons (Fsp3) is 0.474. The molecule has 140 valence electrons. The molecule has 6 atom stereocenters. The van der Waals surface area contributed by atoms with Gasteiger partial charge in [0, 0.05) is 0 Å². The zero-order valence-corrected chi connectivity index (χ0v) is 14.3. The molecular weight excluding hydrogens is 352 g/mol. The van der Waals surface area contributed by atoms with Gasteiger partial charge in [-0.05, 0) is 30.9 Å². The van der Waals surface area contributed by atoms with Crippen LogP contribution in [0.25, 0.3) is 0 Å². The van der Waals surface area contributed by atoms with E-state index in [-0.39, 0.29) is 36.2 Å². The first-order valence-electron chi connectivity index (χ1n) is 9.08. The first-order chi connectivity index (χ1) is 13.0. The fourth-order valence-corrected chi connectivity index (χ4v) is 5.37. The standard InChI is InChI=1S/C19H18N2O6/c22-6-7-1-4-12(27-7)14-8-2-3-9-13(18(25)20-16(9)23)10(8)5-11-15(14)19(26)21-17(11)24/h1-2,4,9-11,13-15,22H,3,5-6H2,(H,20,23,25)(H,21,24,26). The van der Waals surface area contributed by atoms with E-state index in [1.165, 1.54) is 0 Å². The van der Waals surface area contributed by atoms with Crippen LogP contribution in [0.4, 0.5) is 0 Å². The van der Waals surface area contributed by atoms with Crippen LogP contribution < -0.4 is 10.6 Å². The van der Waals surface area contributed by atoms with Crippen molar-refractivity contribution >= 4 is 23.6 Å². The van der Waals surface area contributed by atoms with E-state index in [2.05, 4.69) is 10.6 Å². The number of hydrogen-bond acceptors (Lipinski definition) is 6. The average molecular weight is 370 g/mol. The molecule has 0 aromatic carbocycles. The van der Waals surface area contributed by atoms with Gasteiger partial charge in [0.15, 0.2) is 0 Å². The molecule has 4 amide bonds. The topological polar surface area (TPSA) is 126 Å². The monoisotopic (exact) mass is 370 g/mol. The molecule has 1 saturated carbocycles. The maximum atomic E-state index is 12.5. The molecule has 2 aliphatic carbocycles. The molecule has 8 nitrogen and oxygen atoms in total. The molecule has 27 heavy (non-hydrogen) atoms. The Bertz CT molecular complexity index is 915. The lowest BCUT2D eigenvalue weighted by molar-refractivity contribution is -0.128. The minimum absolute atomic E-state index is 0.268. The van der Waals surface area contributed by atoms with Crippen LogP contribution in [0.5, 0.6) is 0 Å². The zero-order chi connectivity index (χ0) is 18.9. The van der Waals surface area contributed by atoms with Crippen molar-refractivity contribution in [1.29, 1.82) is 0 Å². The highest BCUT2D eigenvalue weighted by atomic mass is 16.4. The van der Waals surface area contributed by atoms with E-state index in [1.54, 1.807) is 12.1 Å². The van der Waals surface area contributed by atoms with Crippen LogP contribution in [0.3, 0.4) is 0 Å². The van der Waals surface area contributed by atoms with Gasteiger partial charge in [0.2, 0.25) is 23.6 Å². The molecule has 8 heteroatoms. The Morgan fingerprint density at radius 3 is 2.33 bits per heavy atom. The number of imide groups is 2. The van der Waals surface area contributed by atoms with Gasteiger partial charge in [-0.15, -0.1) is 0 Å². The number of amides is 4. The second-order valence-corrected chi connectivity index (χ2v) is 7.69. The molecule has 0 spiro atoms. The van der Waals surface area contributed by atoms with E-state index in [0.29, 0.717) is 24.4 Å². The normalized spacial score (nSPS) is 37.3. The van der Waals surface area contributed by atoms with Gasteiger partial charge in [-0.25, -0.2) is 0 Å². The van der Waals surface area contributed by atoms with E-state index in [0.717, 1.165) is 5.57 Å². The van der Waals surface area contributed by atoms with Crippen LogP contribution in [0, 0.1) is 29.6 Å². The fourth-order valence-electron chi connectivity index (χ4n) is 5.37. The van der Waals surface area contributed by atoms with Gasteiger partial charge in [0.25, 0.3) is 0 Å². The number of nitrogens with one attached hydrogen (secondary N) is 2. The number of allylic oxidation sites excluding steroid dienone is 2. The van der Waals surface area contributed by atoms with Crippen molar-refractivity contribution in [2.75, 3.05) is 0 Å². The van der Waals surface area contributed by atoms with Crippen molar-refractivity contribution in [3.8, 4) is 0 Å². The van der Waals surface area contributed by atoms with Crippen LogP contribution in [-0.4, -0.2) is 28.7 Å². The van der Waals surface area contributed by atoms with Crippen LogP contribution >= 0.6 is 0 Å². The minimum atomic E-state index is -0.602. The lowest BCUT2D eigenvalue weighted by atomic mass is 9.58. The second kappa shape index (κ2) is 5.63. The van der Waals surface area contributed by atoms with Gasteiger partial charge < -0.3 is 9.52 Å². The van der Waals surface area contributed by atoms with Crippen molar-refractivity contribution < 1.29 is 28.7 Å². The Labute approximate surface area is 154 Å². The lowest BCUT2D eigenvalue weighted by Gasteiger charge is -2.43. The first-order valence-corrected chi connectivity index (χ1v) is 9.08. The third-order valence-electron chi connectivity index (χ3n) is 6.48. The number of furan rings is 1. The summed E-state index contributed by atoms with van der Waals surface area (Å²) in [4.78, 5) is 49.4. The number of carbonyl (C=O) groups is 4. The van der Waals surface area contributed by atoms with Gasteiger partial charge >= 0.3 is 0 Å². The highest BCUT2D eigenvalue weighted by Crippen LogP contribution is 2.56. The summed E-state index contributed by atoms with van der Waals surface area (Å²) in [7, 11) is 0. The lowest BCUT2D eigenvalue weighted by Crippen LogP contribution is -2.42. The van der Waals surface area contributed by atoms with Gasteiger partial charge in [-0.2, -0.15) is 0 Å². The summed E-state index contributed by atoms with van der Waals surface area (Å²) in [5.74, 6) is -3.26. The van der Waals surface area contributed by atoms with Crippen LogP contribution in [0.2, 0.25) is 0 Å². The smallest absolute Gasteiger partial charge is 0.231 e. The number of carbonyl (C=O) groups excluding carboxylic acids is 4. The quantitative estimate of drug-likeness (QED) is 0.496. The molecule has 3 fully saturated rings. The molecule has 0 bridgehead atoms. The molecule has 4 aliphatic rings. The van der Waals surface area contributed by atoms with E-state index >= 15 is 0 Å². The maximum Gasteiger partial charge on any atom is 0.231 e. The number of aliphatic hydroxyl groups excluding tert-OH is 1. The Morgan fingerprint density at radius 1 is 0.926 bits per heavy atom. The zero-order valence-electron chi connectivity index (χ0n) is 14.3. The number of hydrogen-bond donors (Lipinski definition) is 3. The molecular formula is C19H18N2O6. The number of fused-ring (bicyclic) bond motifs is 4. The Morgan fingerprint density at radius 2 is 1.63 bits per heavy atom. The van der Waals surface area contributed by atoms with E-state index in [4.69, 9.17) is 4.42 Å².